The first-order valence-electron chi connectivity index (χ1n) is 8.00. The zero-order valence-electron chi connectivity index (χ0n) is 13.8. The Morgan fingerprint density at radius 3 is 2.56 bits per heavy atom. The molecule has 134 valence electrons. The Bertz CT molecular complexity index is 1070. The molecule has 0 spiro atoms. The summed E-state index contributed by atoms with van der Waals surface area (Å²) in [5.41, 5.74) is 1.45. The maximum absolute atomic E-state index is 12.6. The number of halogens is 2. The maximum atomic E-state index is 12.6. The highest BCUT2D eigenvalue weighted by molar-refractivity contribution is 9.10. The summed E-state index contributed by atoms with van der Waals surface area (Å²) < 4.78 is 6.75. The molecule has 0 atom stereocenters. The van der Waals surface area contributed by atoms with Crippen LogP contribution in [0.1, 0.15) is 5.76 Å². The lowest BCUT2D eigenvalue weighted by atomic mass is 10.2. The van der Waals surface area contributed by atoms with Crippen molar-refractivity contribution in [1.29, 1.82) is 0 Å². The van der Waals surface area contributed by atoms with Crippen molar-refractivity contribution in [2.45, 2.75) is 0 Å². The summed E-state index contributed by atoms with van der Waals surface area (Å²) in [7, 11) is 0. The number of carbonyl (C=O) groups is 2. The third-order valence-corrected chi connectivity index (χ3v) is 4.75. The molecular weight excluding hydrogens is 432 g/mol. The van der Waals surface area contributed by atoms with Gasteiger partial charge in [0.05, 0.1) is 5.69 Å². The Morgan fingerprint density at radius 1 is 1.04 bits per heavy atom. The van der Waals surface area contributed by atoms with Crippen LogP contribution in [0.15, 0.2) is 75.3 Å². The van der Waals surface area contributed by atoms with Crippen LogP contribution >= 0.6 is 27.5 Å². The molecule has 1 aliphatic heterocycles. The van der Waals surface area contributed by atoms with Crippen LogP contribution in [-0.2, 0) is 4.79 Å². The van der Waals surface area contributed by atoms with Gasteiger partial charge in [0.1, 0.15) is 17.2 Å². The zero-order valence-corrected chi connectivity index (χ0v) is 16.1. The van der Waals surface area contributed by atoms with Gasteiger partial charge in [0, 0.05) is 21.1 Å². The van der Waals surface area contributed by atoms with Gasteiger partial charge in [-0.3, -0.25) is 4.79 Å². The van der Waals surface area contributed by atoms with E-state index in [2.05, 4.69) is 21.2 Å². The van der Waals surface area contributed by atoms with Gasteiger partial charge in [-0.15, -0.1) is 0 Å². The Labute approximate surface area is 168 Å². The lowest BCUT2D eigenvalue weighted by Crippen LogP contribution is -2.30. The smallest absolute Gasteiger partial charge is 0.333 e. The standard InChI is InChI=1S/C20H12BrClN2O3/c21-13-6-4-12(5-7-13)18-9-8-16(27-18)11-17-19(25)24(20(26)23-17)15-3-1-2-14(22)10-15/h1-11H,(H,23,26)/b17-11-. The molecule has 3 aromatic rings. The van der Waals surface area contributed by atoms with Gasteiger partial charge in [0.15, 0.2) is 0 Å². The molecule has 3 amide bonds. The van der Waals surface area contributed by atoms with Crippen LogP contribution in [0.2, 0.25) is 5.02 Å². The minimum Gasteiger partial charge on any atom is -0.457 e. The summed E-state index contributed by atoms with van der Waals surface area (Å²) in [6.07, 6.45) is 1.51. The Kier molecular flexibility index (Phi) is 4.59. The number of furan rings is 1. The molecule has 0 unspecified atom stereocenters. The van der Waals surface area contributed by atoms with Crippen molar-refractivity contribution in [2.75, 3.05) is 4.90 Å². The van der Waals surface area contributed by atoms with Gasteiger partial charge in [-0.05, 0) is 42.5 Å². The number of imide groups is 1. The van der Waals surface area contributed by atoms with E-state index in [1.807, 2.05) is 30.3 Å². The van der Waals surface area contributed by atoms with Crippen LogP contribution in [0.25, 0.3) is 17.4 Å². The largest absolute Gasteiger partial charge is 0.457 e. The molecule has 5 nitrogen and oxygen atoms in total. The number of urea groups is 1. The van der Waals surface area contributed by atoms with Crippen LogP contribution in [0.5, 0.6) is 0 Å². The molecule has 0 saturated carbocycles. The van der Waals surface area contributed by atoms with E-state index in [1.54, 1.807) is 30.3 Å². The third kappa shape index (κ3) is 3.54. The van der Waals surface area contributed by atoms with Crippen molar-refractivity contribution in [1.82, 2.24) is 5.32 Å². The van der Waals surface area contributed by atoms with Gasteiger partial charge in [0.2, 0.25) is 0 Å². The molecule has 1 saturated heterocycles. The predicted octanol–water partition coefficient (Wildman–Crippen LogP) is 5.46. The molecule has 0 aliphatic carbocycles. The highest BCUT2D eigenvalue weighted by Crippen LogP contribution is 2.27. The number of rotatable bonds is 3. The maximum Gasteiger partial charge on any atom is 0.333 e. The minimum absolute atomic E-state index is 0.136. The summed E-state index contributed by atoms with van der Waals surface area (Å²) >= 11 is 9.35. The second kappa shape index (κ2) is 7.06. The van der Waals surface area contributed by atoms with Crippen LogP contribution in [0, 0.1) is 0 Å². The first-order chi connectivity index (χ1) is 13.0. The van der Waals surface area contributed by atoms with Crippen molar-refractivity contribution in [3.8, 4) is 11.3 Å². The Morgan fingerprint density at radius 2 is 1.81 bits per heavy atom. The van der Waals surface area contributed by atoms with Gasteiger partial charge < -0.3 is 9.73 Å². The first-order valence-corrected chi connectivity index (χ1v) is 9.17. The molecule has 4 rings (SSSR count). The number of benzene rings is 2. The summed E-state index contributed by atoms with van der Waals surface area (Å²) in [4.78, 5) is 25.9. The van der Waals surface area contributed by atoms with E-state index < -0.39 is 11.9 Å². The van der Waals surface area contributed by atoms with Gasteiger partial charge in [-0.2, -0.15) is 0 Å². The van der Waals surface area contributed by atoms with Gasteiger partial charge in [0.25, 0.3) is 5.91 Å². The average Bonchev–Trinajstić information content (AvgIpc) is 3.21. The van der Waals surface area contributed by atoms with Gasteiger partial charge in [-0.1, -0.05) is 45.7 Å². The van der Waals surface area contributed by atoms with Crippen LogP contribution in [0.3, 0.4) is 0 Å². The summed E-state index contributed by atoms with van der Waals surface area (Å²) in [5, 5.41) is 3.01. The van der Waals surface area contributed by atoms with E-state index in [9.17, 15) is 9.59 Å². The van der Waals surface area contributed by atoms with Crippen molar-refractivity contribution in [2.24, 2.45) is 0 Å². The summed E-state index contributed by atoms with van der Waals surface area (Å²) in [6.45, 7) is 0. The molecule has 1 fully saturated rings. The fourth-order valence-corrected chi connectivity index (χ4v) is 3.18. The molecule has 0 bridgehead atoms. The predicted molar refractivity (Wildman–Crippen MR) is 107 cm³/mol. The molecule has 2 heterocycles. The van der Waals surface area contributed by atoms with E-state index >= 15 is 0 Å². The monoisotopic (exact) mass is 442 g/mol. The Balaban J connectivity index is 1.61. The lowest BCUT2D eigenvalue weighted by molar-refractivity contribution is -0.113. The van der Waals surface area contributed by atoms with Gasteiger partial charge >= 0.3 is 6.03 Å². The molecular formula is C20H12BrClN2O3. The Hall–Kier alpha value is -2.83. The fraction of sp³-hybridized carbons (Fsp3) is 0. The number of carbonyl (C=O) groups excluding carboxylic acids is 2. The fourth-order valence-electron chi connectivity index (χ4n) is 2.73. The lowest BCUT2D eigenvalue weighted by Gasteiger charge is -2.11. The topological polar surface area (TPSA) is 62.6 Å². The van der Waals surface area contributed by atoms with Crippen molar-refractivity contribution in [3.05, 3.63) is 81.6 Å². The molecule has 1 aromatic heterocycles. The molecule has 1 N–H and O–H groups in total. The SMILES string of the molecule is O=C1N/C(=C\c2ccc(-c3ccc(Br)cc3)o2)C(=O)N1c1cccc(Cl)c1. The van der Waals surface area contributed by atoms with E-state index in [4.69, 9.17) is 16.0 Å². The number of nitrogens with one attached hydrogen (secondary N) is 1. The van der Waals surface area contributed by atoms with Crippen LogP contribution in [-0.4, -0.2) is 11.9 Å². The molecule has 2 aromatic carbocycles. The van der Waals surface area contributed by atoms with Crippen molar-refractivity contribution in [3.63, 3.8) is 0 Å². The number of nitrogens with zero attached hydrogens (tertiary/aromatic N) is 1. The van der Waals surface area contributed by atoms with E-state index in [0.717, 1.165) is 14.9 Å². The van der Waals surface area contributed by atoms with Crippen LogP contribution < -0.4 is 10.2 Å². The normalized spacial score (nSPS) is 15.5. The second-order valence-electron chi connectivity index (χ2n) is 5.82. The number of amides is 3. The van der Waals surface area contributed by atoms with E-state index in [0.29, 0.717) is 22.2 Å². The molecule has 7 heteroatoms. The second-order valence-corrected chi connectivity index (χ2v) is 7.17. The third-order valence-electron chi connectivity index (χ3n) is 3.99. The molecule has 0 radical (unpaired) electrons. The highest BCUT2D eigenvalue weighted by Gasteiger charge is 2.35. The minimum atomic E-state index is -0.534. The van der Waals surface area contributed by atoms with E-state index in [1.165, 1.54) is 6.08 Å². The number of hydrogen-bond acceptors (Lipinski definition) is 3. The first kappa shape index (κ1) is 17.6. The zero-order chi connectivity index (χ0) is 19.0. The summed E-state index contributed by atoms with van der Waals surface area (Å²) in [6, 6.07) is 17.2. The highest BCUT2D eigenvalue weighted by atomic mass is 79.9. The molecule has 27 heavy (non-hydrogen) atoms. The quantitative estimate of drug-likeness (QED) is 0.432. The number of anilines is 1. The van der Waals surface area contributed by atoms with Crippen LogP contribution in [0.4, 0.5) is 10.5 Å². The van der Waals surface area contributed by atoms with Gasteiger partial charge in [-0.25, -0.2) is 9.69 Å². The van der Waals surface area contributed by atoms with Crippen molar-refractivity contribution < 1.29 is 14.0 Å². The van der Waals surface area contributed by atoms with Crippen molar-refractivity contribution >= 4 is 51.2 Å². The summed E-state index contributed by atoms with van der Waals surface area (Å²) in [5.74, 6) is 0.659. The van der Waals surface area contributed by atoms with E-state index in [-0.39, 0.29) is 5.70 Å². The molecule has 1 aliphatic rings. The average molecular weight is 444 g/mol. The number of hydrogen-bond donors (Lipinski definition) is 1.